The molecule has 22 heavy (non-hydrogen) atoms. The van der Waals surface area contributed by atoms with E-state index in [1.54, 1.807) is 31.5 Å². The Morgan fingerprint density at radius 1 is 1.41 bits per heavy atom. The molecule has 0 saturated heterocycles. The standard InChI is InChI=1S/C15H20N4O3/c1-10(9-22-3)17-14(20)18-12-6-4-5-7-13(12)19-11(2)8-16-15(19)21/h4-8,10H,9H2,1-3H3,(H,16,21)(H2,17,18,20). The van der Waals surface area contributed by atoms with Crippen LogP contribution in [0.5, 0.6) is 0 Å². The molecule has 1 unspecified atom stereocenters. The first-order valence-electron chi connectivity index (χ1n) is 6.95. The zero-order valence-corrected chi connectivity index (χ0v) is 12.8. The fourth-order valence-corrected chi connectivity index (χ4v) is 2.20. The molecule has 0 saturated carbocycles. The molecule has 3 N–H and O–H groups in total. The Kier molecular flexibility index (Phi) is 5.00. The van der Waals surface area contributed by atoms with Gasteiger partial charge in [-0.05, 0) is 26.0 Å². The average molecular weight is 304 g/mol. The van der Waals surface area contributed by atoms with E-state index in [4.69, 9.17) is 4.74 Å². The highest BCUT2D eigenvalue weighted by molar-refractivity contribution is 5.91. The van der Waals surface area contributed by atoms with Gasteiger partial charge in [-0.2, -0.15) is 0 Å². The third-order valence-corrected chi connectivity index (χ3v) is 3.15. The molecule has 0 spiro atoms. The number of methoxy groups -OCH3 is 1. The summed E-state index contributed by atoms with van der Waals surface area (Å²) in [5.74, 6) is 0. The van der Waals surface area contributed by atoms with Crippen molar-refractivity contribution in [2.45, 2.75) is 19.9 Å². The number of hydrogen-bond acceptors (Lipinski definition) is 3. The molecule has 2 amide bonds. The number of carbonyl (C=O) groups is 1. The zero-order valence-electron chi connectivity index (χ0n) is 12.8. The van der Waals surface area contributed by atoms with Crippen LogP contribution in [0.1, 0.15) is 12.6 Å². The average Bonchev–Trinajstić information content (AvgIpc) is 2.79. The maximum Gasteiger partial charge on any atom is 0.330 e. The van der Waals surface area contributed by atoms with E-state index >= 15 is 0 Å². The number of H-pyrrole nitrogens is 1. The van der Waals surface area contributed by atoms with Crippen LogP contribution in [0.2, 0.25) is 0 Å². The van der Waals surface area contributed by atoms with Crippen molar-refractivity contribution in [2.75, 3.05) is 19.0 Å². The molecule has 0 aliphatic heterocycles. The van der Waals surface area contributed by atoms with E-state index in [0.29, 0.717) is 18.0 Å². The highest BCUT2D eigenvalue weighted by Gasteiger charge is 2.13. The van der Waals surface area contributed by atoms with E-state index in [1.165, 1.54) is 4.57 Å². The van der Waals surface area contributed by atoms with Gasteiger partial charge in [0.25, 0.3) is 0 Å². The molecule has 1 aromatic carbocycles. The minimum atomic E-state index is -0.349. The van der Waals surface area contributed by atoms with E-state index in [-0.39, 0.29) is 17.8 Å². The van der Waals surface area contributed by atoms with Crippen LogP contribution in [0.3, 0.4) is 0 Å². The molecular weight excluding hydrogens is 284 g/mol. The normalized spacial score (nSPS) is 12.0. The minimum Gasteiger partial charge on any atom is -0.383 e. The van der Waals surface area contributed by atoms with Crippen molar-refractivity contribution < 1.29 is 9.53 Å². The summed E-state index contributed by atoms with van der Waals surface area (Å²) in [6.45, 7) is 4.08. The minimum absolute atomic E-state index is 0.117. The number of benzene rings is 1. The molecule has 0 aliphatic rings. The first kappa shape index (κ1) is 15.8. The molecule has 2 rings (SSSR count). The summed E-state index contributed by atoms with van der Waals surface area (Å²) in [7, 11) is 1.58. The van der Waals surface area contributed by atoms with Gasteiger partial charge in [0.2, 0.25) is 0 Å². The summed E-state index contributed by atoms with van der Waals surface area (Å²) < 4.78 is 6.48. The van der Waals surface area contributed by atoms with E-state index in [1.807, 2.05) is 19.9 Å². The summed E-state index contributed by atoms with van der Waals surface area (Å²) in [6.07, 6.45) is 1.62. The van der Waals surface area contributed by atoms with Crippen LogP contribution in [0, 0.1) is 6.92 Å². The second kappa shape index (κ2) is 6.95. The quantitative estimate of drug-likeness (QED) is 0.784. The number of rotatable bonds is 5. The van der Waals surface area contributed by atoms with Gasteiger partial charge in [-0.3, -0.25) is 4.57 Å². The van der Waals surface area contributed by atoms with E-state index < -0.39 is 0 Å². The van der Waals surface area contributed by atoms with Crippen LogP contribution in [0.25, 0.3) is 5.69 Å². The Morgan fingerprint density at radius 2 is 2.14 bits per heavy atom. The van der Waals surface area contributed by atoms with Gasteiger partial charge in [-0.1, -0.05) is 12.1 Å². The molecule has 1 heterocycles. The first-order valence-corrected chi connectivity index (χ1v) is 6.95. The fourth-order valence-electron chi connectivity index (χ4n) is 2.20. The van der Waals surface area contributed by atoms with Crippen LogP contribution in [0.15, 0.2) is 35.3 Å². The molecule has 0 fully saturated rings. The van der Waals surface area contributed by atoms with Gasteiger partial charge in [0.05, 0.1) is 24.0 Å². The predicted octanol–water partition coefficient (Wildman–Crippen LogP) is 1.63. The van der Waals surface area contributed by atoms with Gasteiger partial charge in [0.15, 0.2) is 0 Å². The number of carbonyl (C=O) groups excluding carboxylic acids is 1. The SMILES string of the molecule is COCC(C)NC(=O)Nc1ccccc1-n1c(C)c[nH]c1=O. The van der Waals surface area contributed by atoms with Crippen molar-refractivity contribution in [3.63, 3.8) is 0 Å². The van der Waals surface area contributed by atoms with Gasteiger partial charge in [-0.15, -0.1) is 0 Å². The van der Waals surface area contributed by atoms with Crippen molar-refractivity contribution in [3.8, 4) is 5.69 Å². The lowest BCUT2D eigenvalue weighted by Crippen LogP contribution is -2.38. The maximum absolute atomic E-state index is 12.0. The van der Waals surface area contributed by atoms with Crippen LogP contribution < -0.4 is 16.3 Å². The molecule has 0 aliphatic carbocycles. The molecule has 2 aromatic rings. The van der Waals surface area contributed by atoms with Crippen LogP contribution in [-0.4, -0.2) is 35.3 Å². The molecule has 118 valence electrons. The number of amides is 2. The van der Waals surface area contributed by atoms with Gasteiger partial charge in [0.1, 0.15) is 0 Å². The monoisotopic (exact) mass is 304 g/mol. The van der Waals surface area contributed by atoms with Crippen molar-refractivity contribution in [2.24, 2.45) is 0 Å². The Morgan fingerprint density at radius 3 is 2.77 bits per heavy atom. The molecule has 1 aromatic heterocycles. The Labute approximate surface area is 128 Å². The number of nitrogens with one attached hydrogen (secondary N) is 3. The summed E-state index contributed by atoms with van der Waals surface area (Å²) in [5.41, 5.74) is 1.67. The van der Waals surface area contributed by atoms with Crippen LogP contribution in [-0.2, 0) is 4.74 Å². The van der Waals surface area contributed by atoms with Gasteiger partial charge < -0.3 is 20.4 Å². The zero-order chi connectivity index (χ0) is 16.1. The van der Waals surface area contributed by atoms with Gasteiger partial charge in [-0.25, -0.2) is 9.59 Å². The summed E-state index contributed by atoms with van der Waals surface area (Å²) in [4.78, 5) is 26.5. The Balaban J connectivity index is 2.23. The van der Waals surface area contributed by atoms with Crippen LogP contribution >= 0.6 is 0 Å². The lowest BCUT2D eigenvalue weighted by Gasteiger charge is -2.16. The largest absolute Gasteiger partial charge is 0.383 e. The van der Waals surface area contributed by atoms with Gasteiger partial charge in [0, 0.05) is 19.0 Å². The number of anilines is 1. The number of aromatic nitrogens is 2. The number of para-hydroxylation sites is 2. The van der Waals surface area contributed by atoms with Crippen molar-refractivity contribution in [1.29, 1.82) is 0 Å². The summed E-state index contributed by atoms with van der Waals surface area (Å²) in [5, 5.41) is 5.52. The van der Waals surface area contributed by atoms with E-state index in [2.05, 4.69) is 15.6 Å². The topological polar surface area (TPSA) is 88.2 Å². The van der Waals surface area contributed by atoms with E-state index in [9.17, 15) is 9.59 Å². The highest BCUT2D eigenvalue weighted by Crippen LogP contribution is 2.19. The number of nitrogens with zero attached hydrogens (tertiary/aromatic N) is 1. The Bertz CT molecular complexity index is 705. The van der Waals surface area contributed by atoms with Crippen LogP contribution in [0.4, 0.5) is 10.5 Å². The highest BCUT2D eigenvalue weighted by atomic mass is 16.5. The molecule has 1 atom stereocenters. The number of ether oxygens (including phenoxy) is 1. The number of aromatic amines is 1. The van der Waals surface area contributed by atoms with Crippen molar-refractivity contribution in [1.82, 2.24) is 14.9 Å². The molecular formula is C15H20N4O3. The third kappa shape index (κ3) is 3.56. The second-order valence-electron chi connectivity index (χ2n) is 5.04. The molecule has 7 heteroatoms. The number of hydrogen-bond donors (Lipinski definition) is 3. The number of urea groups is 1. The van der Waals surface area contributed by atoms with Crippen molar-refractivity contribution in [3.05, 3.63) is 46.6 Å². The molecule has 0 bridgehead atoms. The lowest BCUT2D eigenvalue weighted by molar-refractivity contribution is 0.173. The van der Waals surface area contributed by atoms with E-state index in [0.717, 1.165) is 5.69 Å². The third-order valence-electron chi connectivity index (χ3n) is 3.15. The lowest BCUT2D eigenvalue weighted by atomic mass is 10.2. The molecule has 7 nitrogen and oxygen atoms in total. The molecule has 0 radical (unpaired) electrons. The summed E-state index contributed by atoms with van der Waals surface area (Å²) >= 11 is 0. The number of imidazole rings is 1. The first-order chi connectivity index (χ1) is 10.5. The fraction of sp³-hybridized carbons (Fsp3) is 0.333. The smallest absolute Gasteiger partial charge is 0.330 e. The second-order valence-corrected chi connectivity index (χ2v) is 5.04. The number of aryl methyl sites for hydroxylation is 1. The summed E-state index contributed by atoms with van der Waals surface area (Å²) in [6, 6.07) is 6.66. The maximum atomic E-state index is 12.0. The Hall–Kier alpha value is -2.54. The predicted molar refractivity (Wildman–Crippen MR) is 84.6 cm³/mol. The van der Waals surface area contributed by atoms with Gasteiger partial charge >= 0.3 is 11.7 Å². The van der Waals surface area contributed by atoms with Crippen molar-refractivity contribution >= 4 is 11.7 Å².